The summed E-state index contributed by atoms with van der Waals surface area (Å²) >= 11 is 0. The molecule has 0 saturated carbocycles. The Morgan fingerprint density at radius 2 is 1.63 bits per heavy atom. The Balaban J connectivity index is 2.44. The maximum absolute atomic E-state index is 12.2. The third-order valence-electron chi connectivity index (χ3n) is 3.76. The quantitative estimate of drug-likeness (QED) is 0.527. The van der Waals surface area contributed by atoms with E-state index in [1.165, 1.54) is 7.11 Å². The summed E-state index contributed by atoms with van der Waals surface area (Å²) in [4.78, 5) is 28.3. The Labute approximate surface area is 115 Å². The van der Waals surface area contributed by atoms with Crippen molar-refractivity contribution in [3.05, 3.63) is 0 Å². The number of methoxy groups -OCH3 is 1. The molecular formula is C14H26N2O3. The zero-order valence-electron chi connectivity index (χ0n) is 12.6. The summed E-state index contributed by atoms with van der Waals surface area (Å²) in [6.45, 7) is 10.7. The molecule has 0 radical (unpaired) electrons. The molecule has 0 aromatic carbocycles. The van der Waals surface area contributed by atoms with Crippen molar-refractivity contribution in [3.8, 4) is 0 Å². The number of rotatable bonds is 6. The van der Waals surface area contributed by atoms with E-state index >= 15 is 0 Å². The first kappa shape index (κ1) is 16.1. The maximum Gasteiger partial charge on any atom is 0.318 e. The fraction of sp³-hybridized carbons (Fsp3) is 0.857. The van der Waals surface area contributed by atoms with E-state index in [0.29, 0.717) is 6.54 Å². The molecule has 5 heteroatoms. The van der Waals surface area contributed by atoms with Crippen molar-refractivity contribution in [2.24, 2.45) is 5.41 Å². The number of carbonyl (C=O) groups excluding carboxylic acids is 2. The zero-order valence-corrected chi connectivity index (χ0v) is 12.6. The first-order valence-electron chi connectivity index (χ1n) is 6.98. The van der Waals surface area contributed by atoms with E-state index in [1.807, 2.05) is 0 Å². The fourth-order valence-electron chi connectivity index (χ4n) is 2.26. The van der Waals surface area contributed by atoms with Gasteiger partial charge in [-0.3, -0.25) is 14.5 Å². The number of ketones is 1. The standard InChI is InChI=1S/C14H26N2O3/c1-5-6-15-7-9-16(10-8-15)11-12(17)14(2,3)13(18)19-4/h5-11H2,1-4H3. The molecule has 1 fully saturated rings. The molecule has 0 aliphatic carbocycles. The molecule has 5 nitrogen and oxygen atoms in total. The molecule has 110 valence electrons. The van der Waals surface area contributed by atoms with Crippen molar-refractivity contribution in [2.75, 3.05) is 46.4 Å². The van der Waals surface area contributed by atoms with Crippen molar-refractivity contribution in [1.29, 1.82) is 0 Å². The van der Waals surface area contributed by atoms with Gasteiger partial charge in [-0.2, -0.15) is 0 Å². The topological polar surface area (TPSA) is 49.9 Å². The van der Waals surface area contributed by atoms with Gasteiger partial charge in [-0.25, -0.2) is 0 Å². The first-order valence-corrected chi connectivity index (χ1v) is 6.98. The third-order valence-corrected chi connectivity index (χ3v) is 3.76. The summed E-state index contributed by atoms with van der Waals surface area (Å²) in [7, 11) is 1.32. The molecule has 0 aromatic rings. The summed E-state index contributed by atoms with van der Waals surface area (Å²) in [5.41, 5.74) is -1.05. The van der Waals surface area contributed by atoms with Gasteiger partial charge in [0.05, 0.1) is 13.7 Å². The van der Waals surface area contributed by atoms with E-state index in [1.54, 1.807) is 13.8 Å². The van der Waals surface area contributed by atoms with Gasteiger partial charge >= 0.3 is 5.97 Å². The SMILES string of the molecule is CCCN1CCN(CC(=O)C(C)(C)C(=O)OC)CC1. The molecule has 1 heterocycles. The summed E-state index contributed by atoms with van der Waals surface area (Å²) in [5.74, 6) is -0.523. The van der Waals surface area contributed by atoms with Crippen molar-refractivity contribution < 1.29 is 14.3 Å². The molecule has 0 atom stereocenters. The molecule has 1 saturated heterocycles. The van der Waals surface area contributed by atoms with Crippen LogP contribution in [0.2, 0.25) is 0 Å². The lowest BCUT2D eigenvalue weighted by Crippen LogP contribution is -2.50. The molecule has 0 aromatic heterocycles. The number of hydrogen-bond donors (Lipinski definition) is 0. The molecule has 0 spiro atoms. The van der Waals surface area contributed by atoms with Gasteiger partial charge in [0, 0.05) is 26.2 Å². The average Bonchev–Trinajstić information content (AvgIpc) is 2.40. The Kier molecular flexibility index (Phi) is 5.94. The van der Waals surface area contributed by atoms with Gasteiger partial charge < -0.3 is 9.64 Å². The van der Waals surface area contributed by atoms with E-state index in [0.717, 1.165) is 39.1 Å². The molecule has 1 aliphatic heterocycles. The van der Waals surface area contributed by atoms with Crippen LogP contribution < -0.4 is 0 Å². The lowest BCUT2D eigenvalue weighted by molar-refractivity contribution is -0.156. The van der Waals surface area contributed by atoms with Gasteiger partial charge in [0.15, 0.2) is 5.78 Å². The van der Waals surface area contributed by atoms with Crippen LogP contribution in [0.25, 0.3) is 0 Å². The molecule has 0 unspecified atom stereocenters. The molecule has 0 amide bonds. The minimum absolute atomic E-state index is 0.0664. The molecule has 1 rings (SSSR count). The first-order chi connectivity index (χ1) is 8.91. The second kappa shape index (κ2) is 7.01. The molecule has 0 bridgehead atoms. The van der Waals surface area contributed by atoms with Crippen LogP contribution in [0, 0.1) is 5.41 Å². The number of esters is 1. The van der Waals surface area contributed by atoms with E-state index in [-0.39, 0.29) is 5.78 Å². The number of nitrogens with zero attached hydrogens (tertiary/aromatic N) is 2. The number of Topliss-reactive ketones (excluding diaryl/α,β-unsaturated/α-hetero) is 1. The third kappa shape index (κ3) is 4.28. The summed E-state index contributed by atoms with van der Waals surface area (Å²) in [6, 6.07) is 0. The van der Waals surface area contributed by atoms with E-state index < -0.39 is 11.4 Å². The minimum atomic E-state index is -1.05. The van der Waals surface area contributed by atoms with E-state index in [4.69, 9.17) is 0 Å². The molecular weight excluding hydrogens is 244 g/mol. The molecule has 19 heavy (non-hydrogen) atoms. The maximum atomic E-state index is 12.2. The van der Waals surface area contributed by atoms with Crippen molar-refractivity contribution >= 4 is 11.8 Å². The highest BCUT2D eigenvalue weighted by Gasteiger charge is 2.37. The Bertz CT molecular complexity index is 321. The monoisotopic (exact) mass is 270 g/mol. The van der Waals surface area contributed by atoms with Gasteiger partial charge in [-0.15, -0.1) is 0 Å². The number of piperazine rings is 1. The largest absolute Gasteiger partial charge is 0.468 e. The van der Waals surface area contributed by atoms with Crippen LogP contribution in [0.1, 0.15) is 27.2 Å². The van der Waals surface area contributed by atoms with Crippen LogP contribution in [-0.2, 0) is 14.3 Å². The number of ether oxygens (including phenoxy) is 1. The Morgan fingerprint density at radius 1 is 1.11 bits per heavy atom. The van der Waals surface area contributed by atoms with E-state index in [9.17, 15) is 9.59 Å². The second-order valence-electron chi connectivity index (χ2n) is 5.66. The van der Waals surface area contributed by atoms with Crippen LogP contribution in [0.4, 0.5) is 0 Å². The Hall–Kier alpha value is -0.940. The Morgan fingerprint density at radius 3 is 2.11 bits per heavy atom. The van der Waals surface area contributed by atoms with Crippen LogP contribution in [0.3, 0.4) is 0 Å². The van der Waals surface area contributed by atoms with Gasteiger partial charge in [0.25, 0.3) is 0 Å². The van der Waals surface area contributed by atoms with E-state index in [2.05, 4.69) is 21.5 Å². The van der Waals surface area contributed by atoms with Crippen LogP contribution in [0.15, 0.2) is 0 Å². The lowest BCUT2D eigenvalue weighted by atomic mass is 9.88. The van der Waals surface area contributed by atoms with Crippen LogP contribution in [0.5, 0.6) is 0 Å². The molecule has 1 aliphatic rings. The normalized spacial score (nSPS) is 18.3. The number of carbonyl (C=O) groups is 2. The summed E-state index contributed by atoms with van der Waals surface area (Å²) < 4.78 is 4.69. The predicted octanol–water partition coefficient (Wildman–Crippen LogP) is 0.782. The zero-order chi connectivity index (χ0) is 14.5. The van der Waals surface area contributed by atoms with Crippen molar-refractivity contribution in [1.82, 2.24) is 9.80 Å². The van der Waals surface area contributed by atoms with Gasteiger partial charge in [0.1, 0.15) is 5.41 Å². The van der Waals surface area contributed by atoms with Crippen LogP contribution in [-0.4, -0.2) is 67.9 Å². The highest BCUT2D eigenvalue weighted by molar-refractivity contribution is 6.03. The van der Waals surface area contributed by atoms with Gasteiger partial charge in [-0.05, 0) is 26.8 Å². The smallest absolute Gasteiger partial charge is 0.318 e. The highest BCUT2D eigenvalue weighted by atomic mass is 16.5. The van der Waals surface area contributed by atoms with Crippen LogP contribution >= 0.6 is 0 Å². The highest BCUT2D eigenvalue weighted by Crippen LogP contribution is 2.19. The second-order valence-corrected chi connectivity index (χ2v) is 5.66. The minimum Gasteiger partial charge on any atom is -0.468 e. The lowest BCUT2D eigenvalue weighted by Gasteiger charge is -2.35. The van der Waals surface area contributed by atoms with Gasteiger partial charge in [0.2, 0.25) is 0 Å². The summed E-state index contributed by atoms with van der Waals surface area (Å²) in [6.07, 6.45) is 1.16. The average molecular weight is 270 g/mol. The fourth-order valence-corrected chi connectivity index (χ4v) is 2.26. The van der Waals surface area contributed by atoms with Crippen molar-refractivity contribution in [3.63, 3.8) is 0 Å². The van der Waals surface area contributed by atoms with Crippen molar-refractivity contribution in [2.45, 2.75) is 27.2 Å². The summed E-state index contributed by atoms with van der Waals surface area (Å²) in [5, 5.41) is 0. The predicted molar refractivity (Wildman–Crippen MR) is 74.0 cm³/mol. The molecule has 0 N–H and O–H groups in total. The van der Waals surface area contributed by atoms with Gasteiger partial charge in [-0.1, -0.05) is 6.92 Å². The number of hydrogen-bond acceptors (Lipinski definition) is 5.